The number of hydrogen-bond acceptors (Lipinski definition) is 9. The summed E-state index contributed by atoms with van der Waals surface area (Å²) in [4.78, 5) is 47.5. The molecule has 2 aromatic heterocycles. The van der Waals surface area contributed by atoms with Gasteiger partial charge in [-0.15, -0.1) is 0 Å². The smallest absolute Gasteiger partial charge is 0.324 e. The van der Waals surface area contributed by atoms with E-state index in [0.717, 1.165) is 0 Å². The molecule has 0 unspecified atom stereocenters. The molecule has 0 radical (unpaired) electrons. The SMILES string of the molecule is CCN1CC(C)(C)Oc2nc(N3CCOC[C@@H]3C)nc(-c3ccc(NC(=O)Nc4cnc(C)cn4)c(F)c3)c2C1=O. The van der Waals surface area contributed by atoms with Gasteiger partial charge in [0.25, 0.3) is 5.91 Å². The number of aromatic nitrogens is 4. The lowest BCUT2D eigenvalue weighted by molar-refractivity contribution is 0.0541. The van der Waals surface area contributed by atoms with Crippen LogP contribution in [0.5, 0.6) is 5.88 Å². The van der Waals surface area contributed by atoms with Crippen LogP contribution >= 0.6 is 0 Å². The number of carbonyl (C=O) groups is 2. The van der Waals surface area contributed by atoms with Gasteiger partial charge in [-0.05, 0) is 46.8 Å². The predicted molar refractivity (Wildman–Crippen MR) is 151 cm³/mol. The predicted octanol–water partition coefficient (Wildman–Crippen LogP) is 3.88. The first-order valence-corrected chi connectivity index (χ1v) is 13.5. The van der Waals surface area contributed by atoms with Crippen molar-refractivity contribution in [1.29, 1.82) is 0 Å². The van der Waals surface area contributed by atoms with Crippen molar-refractivity contribution < 1.29 is 23.5 Å². The van der Waals surface area contributed by atoms with Crippen LogP contribution in [-0.2, 0) is 4.74 Å². The fourth-order valence-corrected chi connectivity index (χ4v) is 4.79. The van der Waals surface area contributed by atoms with Crippen molar-refractivity contribution in [3.05, 3.63) is 47.7 Å². The van der Waals surface area contributed by atoms with Crippen LogP contribution in [0.15, 0.2) is 30.6 Å². The number of morpholine rings is 1. The standard InChI is InChI=1S/C28H33FN8O4/c1-6-36-15-28(4,5)41-24-22(25(36)38)23(34-26(35-24)37-9-10-40-14-17(37)3)18-7-8-20(19(29)11-18)32-27(39)33-21-13-30-16(2)12-31-21/h7-8,11-13,17H,6,9-10,14-15H2,1-5H3,(H2,31,32,33,39)/t17-/m0/s1. The van der Waals surface area contributed by atoms with Crippen LogP contribution in [0, 0.1) is 12.7 Å². The third-order valence-corrected chi connectivity index (χ3v) is 6.83. The van der Waals surface area contributed by atoms with Gasteiger partial charge in [0.2, 0.25) is 11.8 Å². The summed E-state index contributed by atoms with van der Waals surface area (Å²) in [6.45, 7) is 11.8. The largest absolute Gasteiger partial charge is 0.469 e. The quantitative estimate of drug-likeness (QED) is 0.473. The minimum Gasteiger partial charge on any atom is -0.469 e. The second-order valence-corrected chi connectivity index (χ2v) is 10.7. The van der Waals surface area contributed by atoms with Gasteiger partial charge in [0.1, 0.15) is 17.0 Å². The fourth-order valence-electron chi connectivity index (χ4n) is 4.79. The van der Waals surface area contributed by atoms with E-state index in [4.69, 9.17) is 19.4 Å². The lowest BCUT2D eigenvalue weighted by Crippen LogP contribution is -2.44. The van der Waals surface area contributed by atoms with Gasteiger partial charge in [0, 0.05) is 18.7 Å². The van der Waals surface area contributed by atoms with Crippen LogP contribution in [-0.4, -0.2) is 81.3 Å². The van der Waals surface area contributed by atoms with Crippen molar-refractivity contribution in [2.45, 2.75) is 46.3 Å². The van der Waals surface area contributed by atoms with Crippen LogP contribution in [0.3, 0.4) is 0 Å². The molecule has 12 nitrogen and oxygen atoms in total. The monoisotopic (exact) mass is 564 g/mol. The summed E-state index contributed by atoms with van der Waals surface area (Å²) in [6.07, 6.45) is 2.91. The van der Waals surface area contributed by atoms with Crippen LogP contribution < -0.4 is 20.3 Å². The molecule has 3 aromatic rings. The third kappa shape index (κ3) is 6.04. The summed E-state index contributed by atoms with van der Waals surface area (Å²) >= 11 is 0. The van der Waals surface area contributed by atoms with E-state index >= 15 is 4.39 Å². The van der Waals surface area contributed by atoms with E-state index in [9.17, 15) is 9.59 Å². The van der Waals surface area contributed by atoms with Crippen LogP contribution in [0.4, 0.5) is 26.6 Å². The van der Waals surface area contributed by atoms with Crippen LogP contribution in [0.25, 0.3) is 11.3 Å². The molecular weight excluding hydrogens is 531 g/mol. The van der Waals surface area contributed by atoms with Crippen LogP contribution in [0.2, 0.25) is 0 Å². The first-order chi connectivity index (χ1) is 19.5. The second kappa shape index (κ2) is 11.2. The van der Waals surface area contributed by atoms with Gasteiger partial charge in [-0.1, -0.05) is 6.07 Å². The first-order valence-electron chi connectivity index (χ1n) is 13.5. The summed E-state index contributed by atoms with van der Waals surface area (Å²) < 4.78 is 27.3. The summed E-state index contributed by atoms with van der Waals surface area (Å²) in [5.41, 5.74) is 0.664. The molecule has 2 aliphatic heterocycles. The second-order valence-electron chi connectivity index (χ2n) is 10.7. The number of amides is 3. The normalized spacial score (nSPS) is 18.3. The molecular formula is C28H33FN8O4. The number of hydrogen-bond donors (Lipinski definition) is 2. The molecule has 2 aliphatic rings. The number of halogens is 1. The highest BCUT2D eigenvalue weighted by molar-refractivity contribution is 6.03. The number of nitrogens with zero attached hydrogens (tertiary/aromatic N) is 6. The number of ether oxygens (including phenoxy) is 2. The van der Waals surface area contributed by atoms with Crippen LogP contribution in [0.1, 0.15) is 43.7 Å². The molecule has 0 saturated carbocycles. The topological polar surface area (TPSA) is 135 Å². The third-order valence-electron chi connectivity index (χ3n) is 6.83. The molecule has 1 fully saturated rings. The van der Waals surface area contributed by atoms with Gasteiger partial charge in [-0.25, -0.2) is 19.2 Å². The Balaban J connectivity index is 1.53. The number of carbonyl (C=O) groups excluding carboxylic acids is 2. The van der Waals surface area contributed by atoms with E-state index < -0.39 is 17.4 Å². The number of fused-ring (bicyclic) bond motifs is 1. The van der Waals surface area contributed by atoms with Gasteiger partial charge in [-0.3, -0.25) is 15.1 Å². The van der Waals surface area contributed by atoms with E-state index in [-0.39, 0.29) is 40.6 Å². The average molecular weight is 565 g/mol. The summed E-state index contributed by atoms with van der Waals surface area (Å²) in [5, 5.41) is 5.00. The van der Waals surface area contributed by atoms with Crippen molar-refractivity contribution in [2.75, 3.05) is 48.4 Å². The number of likely N-dealkylation sites (N-methyl/N-ethyl adjacent to an activating group) is 1. The number of urea groups is 1. The molecule has 13 heteroatoms. The molecule has 0 bridgehead atoms. The van der Waals surface area contributed by atoms with Crippen molar-refractivity contribution in [1.82, 2.24) is 24.8 Å². The van der Waals surface area contributed by atoms with Crippen molar-refractivity contribution in [3.63, 3.8) is 0 Å². The lowest BCUT2D eigenvalue weighted by Gasteiger charge is -2.34. The molecule has 3 amide bonds. The van der Waals surface area contributed by atoms with E-state index in [1.54, 1.807) is 17.9 Å². The minimum absolute atomic E-state index is 0.0173. The fraction of sp³-hybridized carbons (Fsp3) is 0.429. The highest BCUT2D eigenvalue weighted by Gasteiger charge is 2.38. The summed E-state index contributed by atoms with van der Waals surface area (Å²) in [7, 11) is 0. The van der Waals surface area contributed by atoms with Crippen molar-refractivity contribution >= 4 is 29.4 Å². The van der Waals surface area contributed by atoms with Gasteiger partial charge >= 0.3 is 6.03 Å². The highest BCUT2D eigenvalue weighted by Crippen LogP contribution is 2.37. The van der Waals surface area contributed by atoms with Gasteiger partial charge in [-0.2, -0.15) is 4.98 Å². The Hall–Kier alpha value is -4.39. The average Bonchev–Trinajstić information content (AvgIpc) is 3.03. The molecule has 41 heavy (non-hydrogen) atoms. The Bertz CT molecular complexity index is 1470. The summed E-state index contributed by atoms with van der Waals surface area (Å²) in [5.74, 6) is -0.275. The maximum absolute atomic E-state index is 15.4. The molecule has 4 heterocycles. The zero-order valence-corrected chi connectivity index (χ0v) is 23.7. The Labute approximate surface area is 237 Å². The molecule has 2 N–H and O–H groups in total. The van der Waals surface area contributed by atoms with Gasteiger partial charge in [0.15, 0.2) is 5.82 Å². The zero-order valence-electron chi connectivity index (χ0n) is 23.7. The molecule has 1 saturated heterocycles. The van der Waals surface area contributed by atoms with E-state index in [0.29, 0.717) is 50.1 Å². The molecule has 5 rings (SSSR count). The van der Waals surface area contributed by atoms with E-state index in [2.05, 4.69) is 20.6 Å². The Morgan fingerprint density at radius 2 is 2.00 bits per heavy atom. The van der Waals surface area contributed by atoms with Crippen molar-refractivity contribution in [3.8, 4) is 17.1 Å². The Kier molecular flexibility index (Phi) is 7.72. The maximum Gasteiger partial charge on any atom is 0.324 e. The molecule has 1 atom stereocenters. The lowest BCUT2D eigenvalue weighted by atomic mass is 10.0. The van der Waals surface area contributed by atoms with Gasteiger partial charge in [0.05, 0.1) is 55.3 Å². The van der Waals surface area contributed by atoms with E-state index in [1.807, 2.05) is 32.6 Å². The molecule has 0 aliphatic carbocycles. The number of anilines is 3. The number of benzene rings is 1. The zero-order chi connectivity index (χ0) is 29.3. The highest BCUT2D eigenvalue weighted by atomic mass is 19.1. The van der Waals surface area contributed by atoms with E-state index in [1.165, 1.54) is 24.5 Å². The number of aryl methyl sites for hydroxylation is 1. The minimum atomic E-state index is -0.718. The molecule has 216 valence electrons. The number of nitrogens with one attached hydrogen (secondary N) is 2. The summed E-state index contributed by atoms with van der Waals surface area (Å²) in [6, 6.07) is 3.55. The Morgan fingerprint density at radius 3 is 2.68 bits per heavy atom. The Morgan fingerprint density at radius 1 is 1.20 bits per heavy atom. The van der Waals surface area contributed by atoms with Crippen molar-refractivity contribution in [2.24, 2.45) is 0 Å². The maximum atomic E-state index is 15.4. The first kappa shape index (κ1) is 28.1. The number of rotatable bonds is 5. The van der Waals surface area contributed by atoms with Gasteiger partial charge < -0.3 is 24.6 Å². The molecule has 0 spiro atoms. The molecule has 1 aromatic carbocycles.